The molecule has 0 saturated carbocycles. The molecule has 1 saturated heterocycles. The number of piperazine rings is 1. The van der Waals surface area contributed by atoms with Crippen LogP contribution in [0.4, 0.5) is 22.8 Å². The number of urea groups is 2. The number of amides is 4. The summed E-state index contributed by atoms with van der Waals surface area (Å²) in [4.78, 5) is 43.2. The third-order valence-corrected chi connectivity index (χ3v) is 6.32. The van der Waals surface area contributed by atoms with Gasteiger partial charge in [0, 0.05) is 51.5 Å². The number of nitrogens with zero attached hydrogens (tertiary/aromatic N) is 3. The topological polar surface area (TPSA) is 94.2 Å². The molecule has 36 heavy (non-hydrogen) atoms. The zero-order valence-corrected chi connectivity index (χ0v) is 20.8. The second kappa shape index (κ2) is 11.2. The van der Waals surface area contributed by atoms with Crippen LogP contribution < -0.4 is 10.6 Å². The molecule has 1 aromatic rings. The Morgan fingerprint density at radius 1 is 1.19 bits per heavy atom. The molecule has 4 amide bonds. The minimum Gasteiger partial charge on any atom is -0.463 e. The zero-order valence-electron chi connectivity index (χ0n) is 20.8. The molecule has 2 aliphatic heterocycles. The van der Waals surface area contributed by atoms with Crippen LogP contribution in [0.3, 0.4) is 0 Å². The predicted molar refractivity (Wildman–Crippen MR) is 126 cm³/mol. The van der Waals surface area contributed by atoms with Crippen LogP contribution in [-0.4, -0.2) is 85.2 Å². The Hall–Kier alpha value is -3.28. The number of ether oxygens (including phenoxy) is 1. The second-order valence-corrected chi connectivity index (χ2v) is 8.72. The number of hydrogen-bond donors (Lipinski definition) is 2. The lowest BCUT2D eigenvalue weighted by molar-refractivity contribution is -0.141. The number of carbonyl (C=O) groups is 3. The Bertz CT molecular complexity index is 1030. The Labute approximate surface area is 208 Å². The van der Waals surface area contributed by atoms with Crippen LogP contribution in [0.25, 0.3) is 0 Å². The molecule has 0 aliphatic carbocycles. The highest BCUT2D eigenvalue weighted by Gasteiger charge is 2.42. The summed E-state index contributed by atoms with van der Waals surface area (Å²) in [6.45, 7) is 7.30. The van der Waals surface area contributed by atoms with E-state index in [1.165, 1.54) is 30.1 Å². The predicted octanol–water partition coefficient (Wildman–Crippen LogP) is 2.95. The quantitative estimate of drug-likeness (QED) is 0.573. The van der Waals surface area contributed by atoms with Crippen molar-refractivity contribution in [2.45, 2.75) is 39.0 Å². The van der Waals surface area contributed by atoms with Crippen LogP contribution in [0.15, 0.2) is 35.5 Å². The fourth-order valence-electron chi connectivity index (χ4n) is 4.58. The summed E-state index contributed by atoms with van der Waals surface area (Å²) < 4.78 is 46.7. The van der Waals surface area contributed by atoms with Crippen molar-refractivity contribution >= 4 is 18.0 Å². The molecule has 2 aliphatic rings. The zero-order chi connectivity index (χ0) is 26.6. The van der Waals surface area contributed by atoms with Crippen molar-refractivity contribution < 1.29 is 32.3 Å². The molecule has 0 unspecified atom stereocenters. The van der Waals surface area contributed by atoms with Gasteiger partial charge in [-0.15, -0.1) is 0 Å². The number of carbonyl (C=O) groups excluding carboxylic acids is 3. The lowest BCUT2D eigenvalue weighted by atomic mass is 9.90. The first kappa shape index (κ1) is 27.3. The monoisotopic (exact) mass is 511 g/mol. The molecule has 198 valence electrons. The fraction of sp³-hybridized carbons (Fsp3) is 0.542. The number of hydrogen-bond acceptors (Lipinski definition) is 5. The van der Waals surface area contributed by atoms with Crippen LogP contribution in [0.2, 0.25) is 0 Å². The van der Waals surface area contributed by atoms with Gasteiger partial charge in [-0.2, -0.15) is 13.2 Å². The summed E-state index contributed by atoms with van der Waals surface area (Å²) in [6.07, 6.45) is -4.69. The summed E-state index contributed by atoms with van der Waals surface area (Å²) in [6, 6.07) is 2.57. The molecule has 0 aromatic heterocycles. The van der Waals surface area contributed by atoms with Crippen LogP contribution in [0.5, 0.6) is 0 Å². The molecule has 2 atom stereocenters. The molecule has 2 N–H and O–H groups in total. The van der Waals surface area contributed by atoms with E-state index in [9.17, 15) is 27.6 Å². The van der Waals surface area contributed by atoms with Gasteiger partial charge in [-0.1, -0.05) is 18.2 Å². The van der Waals surface area contributed by atoms with Crippen LogP contribution in [0, 0.1) is 0 Å². The molecule has 9 nitrogen and oxygen atoms in total. The molecule has 0 spiro atoms. The summed E-state index contributed by atoms with van der Waals surface area (Å²) in [5, 5.41) is 5.32. The van der Waals surface area contributed by atoms with E-state index in [0.29, 0.717) is 26.2 Å². The van der Waals surface area contributed by atoms with Crippen LogP contribution in [0.1, 0.15) is 37.9 Å². The summed E-state index contributed by atoms with van der Waals surface area (Å²) in [5.74, 6) is -0.796. The van der Waals surface area contributed by atoms with Gasteiger partial charge in [0.05, 0.1) is 23.8 Å². The van der Waals surface area contributed by atoms with Gasteiger partial charge in [-0.05, 0) is 32.4 Å². The lowest BCUT2D eigenvalue weighted by Gasteiger charge is -2.42. The highest BCUT2D eigenvalue weighted by molar-refractivity contribution is 5.95. The number of rotatable bonds is 6. The molecule has 0 bridgehead atoms. The summed E-state index contributed by atoms with van der Waals surface area (Å²) in [5.41, 5.74) is -0.959. The Balaban J connectivity index is 2.01. The molecular formula is C24H32F3N5O4. The van der Waals surface area contributed by atoms with Gasteiger partial charge in [0.2, 0.25) is 0 Å². The standard InChI is InChI=1S/C24H32F3N5O4/c1-5-28-22(34)32-12-11-31(13-15(32)3)14-18-19(21(33)36-6-2)20(29-23(35)30(18)4)16-9-7-8-10-17(16)24(25,26)27/h7-10,15,20H,5-6,11-14H2,1-4H3,(H,28,34)(H,29,35)/t15-,20-/m1/s1. The van der Waals surface area contributed by atoms with Crippen molar-refractivity contribution in [2.24, 2.45) is 0 Å². The van der Waals surface area contributed by atoms with Crippen LogP contribution >= 0.6 is 0 Å². The largest absolute Gasteiger partial charge is 0.463 e. The Kier molecular flexibility index (Phi) is 8.49. The van der Waals surface area contributed by atoms with Crippen molar-refractivity contribution in [2.75, 3.05) is 46.4 Å². The first-order valence-electron chi connectivity index (χ1n) is 11.9. The van der Waals surface area contributed by atoms with Crippen molar-refractivity contribution in [1.29, 1.82) is 0 Å². The molecule has 1 fully saturated rings. The average molecular weight is 512 g/mol. The third kappa shape index (κ3) is 5.75. The van der Waals surface area contributed by atoms with Gasteiger partial charge in [0.1, 0.15) is 0 Å². The van der Waals surface area contributed by atoms with Gasteiger partial charge >= 0.3 is 24.2 Å². The van der Waals surface area contributed by atoms with E-state index >= 15 is 0 Å². The molecule has 12 heteroatoms. The lowest BCUT2D eigenvalue weighted by Crippen LogP contribution is -2.58. The van der Waals surface area contributed by atoms with Gasteiger partial charge < -0.3 is 20.3 Å². The summed E-state index contributed by atoms with van der Waals surface area (Å²) in [7, 11) is 1.46. The van der Waals surface area contributed by atoms with Crippen molar-refractivity contribution in [3.63, 3.8) is 0 Å². The highest BCUT2D eigenvalue weighted by Crippen LogP contribution is 2.39. The average Bonchev–Trinajstić information content (AvgIpc) is 2.81. The first-order chi connectivity index (χ1) is 17.0. The van der Waals surface area contributed by atoms with Crippen molar-refractivity contribution in [1.82, 2.24) is 25.3 Å². The summed E-state index contributed by atoms with van der Waals surface area (Å²) >= 11 is 0. The Morgan fingerprint density at radius 3 is 2.50 bits per heavy atom. The second-order valence-electron chi connectivity index (χ2n) is 8.72. The highest BCUT2D eigenvalue weighted by atomic mass is 19.4. The van der Waals surface area contributed by atoms with Gasteiger partial charge in [-0.3, -0.25) is 9.80 Å². The van der Waals surface area contributed by atoms with Gasteiger partial charge in [0.25, 0.3) is 0 Å². The molecule has 3 rings (SSSR count). The maximum atomic E-state index is 13.8. The van der Waals surface area contributed by atoms with E-state index in [4.69, 9.17) is 4.74 Å². The van der Waals surface area contributed by atoms with E-state index in [1.807, 2.05) is 18.7 Å². The van der Waals surface area contributed by atoms with Crippen molar-refractivity contribution in [3.05, 3.63) is 46.7 Å². The maximum Gasteiger partial charge on any atom is 0.416 e. The molecule has 2 heterocycles. The first-order valence-corrected chi connectivity index (χ1v) is 11.9. The number of nitrogens with one attached hydrogen (secondary N) is 2. The fourth-order valence-corrected chi connectivity index (χ4v) is 4.58. The third-order valence-electron chi connectivity index (χ3n) is 6.32. The van der Waals surface area contributed by atoms with E-state index in [1.54, 1.807) is 11.8 Å². The number of likely N-dealkylation sites (N-methyl/N-ethyl adjacent to an activating group) is 1. The van der Waals surface area contributed by atoms with Crippen LogP contribution in [-0.2, 0) is 15.7 Å². The van der Waals surface area contributed by atoms with E-state index in [-0.39, 0.29) is 42.1 Å². The number of halogens is 3. The minimum atomic E-state index is -4.69. The molecule has 0 radical (unpaired) electrons. The number of benzene rings is 1. The SMILES string of the molecule is CCNC(=O)N1CCN(CC2=C(C(=O)OCC)[C@@H](c3ccccc3C(F)(F)F)NC(=O)N2C)C[C@H]1C. The Morgan fingerprint density at radius 2 is 1.89 bits per heavy atom. The minimum absolute atomic E-state index is 0.0170. The van der Waals surface area contributed by atoms with Gasteiger partial charge in [-0.25, -0.2) is 14.4 Å². The number of alkyl halides is 3. The molecule has 1 aromatic carbocycles. The van der Waals surface area contributed by atoms with E-state index in [0.717, 1.165) is 6.07 Å². The number of esters is 1. The normalized spacial score (nSPS) is 21.4. The van der Waals surface area contributed by atoms with E-state index < -0.39 is 29.8 Å². The van der Waals surface area contributed by atoms with Crippen molar-refractivity contribution in [3.8, 4) is 0 Å². The molecular weight excluding hydrogens is 479 g/mol. The smallest absolute Gasteiger partial charge is 0.416 e. The maximum absolute atomic E-state index is 13.8. The van der Waals surface area contributed by atoms with E-state index in [2.05, 4.69) is 10.6 Å². The van der Waals surface area contributed by atoms with Gasteiger partial charge in [0.15, 0.2) is 0 Å².